The summed E-state index contributed by atoms with van der Waals surface area (Å²) in [7, 11) is 0. The van der Waals surface area contributed by atoms with Gasteiger partial charge < -0.3 is 9.80 Å². The second-order valence-corrected chi connectivity index (χ2v) is 9.33. The number of hydrogen-bond donors (Lipinski definition) is 0. The number of carbonyl (C=O) groups is 1. The molecule has 10 heteroatoms. The molecule has 1 saturated heterocycles. The number of benzene rings is 2. The van der Waals surface area contributed by atoms with Gasteiger partial charge in [-0.25, -0.2) is 9.97 Å². The fourth-order valence-electron chi connectivity index (χ4n) is 5.69. The first-order chi connectivity index (χ1) is 17.3. The highest BCUT2D eigenvalue weighted by molar-refractivity contribution is 6.20. The summed E-state index contributed by atoms with van der Waals surface area (Å²) in [6.45, 7) is 3.32. The number of halogens is 3. The van der Waals surface area contributed by atoms with Gasteiger partial charge in [0.15, 0.2) is 0 Å². The van der Waals surface area contributed by atoms with Crippen molar-refractivity contribution in [1.82, 2.24) is 9.97 Å². The van der Waals surface area contributed by atoms with E-state index in [0.717, 1.165) is 11.8 Å². The summed E-state index contributed by atoms with van der Waals surface area (Å²) in [5.74, 6) is 0.325. The molecule has 3 aliphatic rings. The number of carbonyl (C=O) groups excluding carboxylic acids is 1. The van der Waals surface area contributed by atoms with Crippen LogP contribution in [-0.4, -0.2) is 47.3 Å². The minimum absolute atomic E-state index is 0.133. The number of amides is 1. The lowest BCUT2D eigenvalue weighted by Crippen LogP contribution is -2.67. The number of anilines is 3. The predicted octanol–water partition coefficient (Wildman–Crippen LogP) is 4.16. The van der Waals surface area contributed by atoms with Crippen molar-refractivity contribution in [1.29, 1.82) is 0 Å². The van der Waals surface area contributed by atoms with Gasteiger partial charge >= 0.3 is 6.18 Å². The predicted molar refractivity (Wildman–Crippen MR) is 130 cm³/mol. The third-order valence-electron chi connectivity index (χ3n) is 7.44. The minimum Gasteiger partial charge on any atom is -0.363 e. The number of hydrogen-bond acceptors (Lipinski definition) is 6. The smallest absolute Gasteiger partial charge is 0.363 e. The third-order valence-corrected chi connectivity index (χ3v) is 7.44. The molecule has 1 aromatic heterocycles. The molecule has 2 atom stereocenters. The molecule has 0 saturated carbocycles. The van der Waals surface area contributed by atoms with Crippen LogP contribution >= 0.6 is 0 Å². The van der Waals surface area contributed by atoms with E-state index in [-0.39, 0.29) is 18.4 Å². The van der Waals surface area contributed by atoms with Crippen LogP contribution in [0.25, 0.3) is 0 Å². The van der Waals surface area contributed by atoms with E-state index < -0.39 is 17.2 Å². The molecule has 0 unspecified atom stereocenters. The number of nitrogens with zero attached hydrogens (tertiary/aromatic N) is 6. The molecule has 36 heavy (non-hydrogen) atoms. The maximum Gasteiger partial charge on any atom is 0.416 e. The zero-order valence-electron chi connectivity index (χ0n) is 19.5. The van der Waals surface area contributed by atoms with Gasteiger partial charge in [-0.3, -0.25) is 4.79 Å². The summed E-state index contributed by atoms with van der Waals surface area (Å²) in [6.07, 6.45) is -0.997. The molecule has 2 aromatic carbocycles. The number of para-hydroxylation sites is 1. The number of piperazine rings is 1. The third kappa shape index (κ3) is 3.35. The SMILES string of the molecule is CC1=NN(c2ccccc2)C(=O)[C@@]12Cc1cc(C(F)(F)F)ccc1N1CCN(c3ncccn3)C[C@@H]12. The Morgan fingerprint density at radius 1 is 1.00 bits per heavy atom. The average molecular weight is 493 g/mol. The van der Waals surface area contributed by atoms with Crippen LogP contribution in [0.3, 0.4) is 0 Å². The summed E-state index contributed by atoms with van der Waals surface area (Å²) in [6, 6.07) is 14.3. The van der Waals surface area contributed by atoms with E-state index in [1.807, 2.05) is 23.1 Å². The number of hydrazone groups is 1. The van der Waals surface area contributed by atoms with Crippen LogP contribution in [0.1, 0.15) is 18.1 Å². The highest BCUT2D eigenvalue weighted by Crippen LogP contribution is 2.49. The second kappa shape index (κ2) is 8.04. The average Bonchev–Trinajstić information content (AvgIpc) is 3.14. The van der Waals surface area contributed by atoms with Gasteiger partial charge in [-0.05, 0) is 55.3 Å². The highest BCUT2D eigenvalue weighted by Gasteiger charge is 2.60. The number of alkyl halides is 3. The Morgan fingerprint density at radius 3 is 2.47 bits per heavy atom. The molecule has 184 valence electrons. The van der Waals surface area contributed by atoms with E-state index >= 15 is 0 Å². The van der Waals surface area contributed by atoms with E-state index in [2.05, 4.69) is 20.0 Å². The first kappa shape index (κ1) is 22.5. The number of rotatable bonds is 2. The molecule has 3 aromatic rings. The summed E-state index contributed by atoms with van der Waals surface area (Å²) in [5.41, 5.74) is 0.602. The van der Waals surface area contributed by atoms with Crippen LogP contribution in [0.4, 0.5) is 30.5 Å². The zero-order chi connectivity index (χ0) is 25.1. The van der Waals surface area contributed by atoms with Crippen LogP contribution in [0.2, 0.25) is 0 Å². The monoisotopic (exact) mass is 492 g/mol. The maximum absolute atomic E-state index is 14.2. The van der Waals surface area contributed by atoms with E-state index in [4.69, 9.17) is 0 Å². The lowest BCUT2D eigenvalue weighted by Gasteiger charge is -2.53. The largest absolute Gasteiger partial charge is 0.416 e. The second-order valence-electron chi connectivity index (χ2n) is 9.33. The van der Waals surface area contributed by atoms with E-state index in [0.29, 0.717) is 42.5 Å². The van der Waals surface area contributed by atoms with E-state index in [1.54, 1.807) is 37.5 Å². The molecule has 1 fully saturated rings. The van der Waals surface area contributed by atoms with Gasteiger partial charge in [0.05, 0.1) is 23.0 Å². The van der Waals surface area contributed by atoms with Crippen LogP contribution in [-0.2, 0) is 17.4 Å². The molecule has 1 spiro atoms. The Morgan fingerprint density at radius 2 is 1.75 bits per heavy atom. The van der Waals surface area contributed by atoms with Crippen molar-refractivity contribution in [3.8, 4) is 0 Å². The standard InChI is InChI=1S/C26H23F3N6O/c1-17-25(23(36)35(32-17)20-6-3-2-4-7-20)15-18-14-19(26(27,28)29)8-9-21(18)34-13-12-33(16-22(25)34)24-30-10-5-11-31-24/h2-11,14,22H,12-13,15-16H2,1H3/t22-,25+/m1/s1. The Bertz CT molecular complexity index is 1350. The van der Waals surface area contributed by atoms with Gasteiger partial charge in [0, 0.05) is 37.7 Å². The molecule has 0 radical (unpaired) electrons. The molecule has 1 amide bonds. The molecular formula is C26H23F3N6O. The Kier molecular flexibility index (Phi) is 5.03. The topological polar surface area (TPSA) is 64.9 Å². The van der Waals surface area contributed by atoms with Gasteiger partial charge in [0.2, 0.25) is 5.95 Å². The van der Waals surface area contributed by atoms with E-state index in [1.165, 1.54) is 17.1 Å². The number of fused-ring (bicyclic) bond motifs is 4. The molecule has 4 heterocycles. The van der Waals surface area contributed by atoms with E-state index in [9.17, 15) is 18.0 Å². The normalized spacial score (nSPS) is 23.6. The maximum atomic E-state index is 14.2. The first-order valence-electron chi connectivity index (χ1n) is 11.7. The van der Waals surface area contributed by atoms with Crippen LogP contribution in [0, 0.1) is 5.41 Å². The minimum atomic E-state index is -4.47. The molecule has 6 rings (SSSR count). The van der Waals surface area contributed by atoms with Gasteiger partial charge in [0.1, 0.15) is 5.41 Å². The van der Waals surface area contributed by atoms with Gasteiger partial charge in [-0.2, -0.15) is 23.3 Å². The molecular weight excluding hydrogens is 469 g/mol. The molecule has 3 aliphatic heterocycles. The van der Waals surface area contributed by atoms with Crippen molar-refractivity contribution in [2.24, 2.45) is 10.5 Å². The van der Waals surface area contributed by atoms with Crippen molar-refractivity contribution < 1.29 is 18.0 Å². The summed E-state index contributed by atoms with van der Waals surface area (Å²) in [4.78, 5) is 27.1. The first-order valence-corrected chi connectivity index (χ1v) is 11.7. The fraction of sp³-hybridized carbons (Fsp3) is 0.308. The summed E-state index contributed by atoms with van der Waals surface area (Å²) >= 11 is 0. The van der Waals surface area contributed by atoms with Gasteiger partial charge in [-0.15, -0.1) is 0 Å². The molecule has 7 nitrogen and oxygen atoms in total. The molecule has 0 bridgehead atoms. The highest BCUT2D eigenvalue weighted by atomic mass is 19.4. The fourth-order valence-corrected chi connectivity index (χ4v) is 5.69. The van der Waals surface area contributed by atoms with Gasteiger partial charge in [-0.1, -0.05) is 18.2 Å². The Labute approximate surface area is 205 Å². The Balaban J connectivity index is 1.48. The summed E-state index contributed by atoms with van der Waals surface area (Å²) < 4.78 is 40.8. The Hall–Kier alpha value is -3.95. The molecule has 0 aliphatic carbocycles. The van der Waals surface area contributed by atoms with Crippen molar-refractivity contribution in [3.63, 3.8) is 0 Å². The van der Waals surface area contributed by atoms with Crippen molar-refractivity contribution in [2.45, 2.75) is 25.6 Å². The quantitative estimate of drug-likeness (QED) is 0.538. The summed E-state index contributed by atoms with van der Waals surface area (Å²) in [5, 5.41) is 6.04. The lowest BCUT2D eigenvalue weighted by atomic mass is 9.67. The lowest BCUT2D eigenvalue weighted by molar-refractivity contribution is -0.137. The molecule has 0 N–H and O–H groups in total. The van der Waals surface area contributed by atoms with Crippen molar-refractivity contribution >= 4 is 28.9 Å². The van der Waals surface area contributed by atoms with Crippen LogP contribution in [0.5, 0.6) is 0 Å². The van der Waals surface area contributed by atoms with Crippen LogP contribution < -0.4 is 14.8 Å². The van der Waals surface area contributed by atoms with Crippen LogP contribution in [0.15, 0.2) is 72.1 Å². The van der Waals surface area contributed by atoms with Crippen molar-refractivity contribution in [3.05, 3.63) is 78.1 Å². The number of aromatic nitrogens is 2. The van der Waals surface area contributed by atoms with Crippen molar-refractivity contribution in [2.75, 3.05) is 34.4 Å². The zero-order valence-corrected chi connectivity index (χ0v) is 19.5. The van der Waals surface area contributed by atoms with Gasteiger partial charge in [0.25, 0.3) is 5.91 Å².